The molecular weight excluding hydrogens is 309 g/mol. The summed E-state index contributed by atoms with van der Waals surface area (Å²) in [5.41, 5.74) is 0.611. The minimum absolute atomic E-state index is 0.276. The van der Waals surface area contributed by atoms with Gasteiger partial charge in [0.2, 0.25) is 0 Å². The van der Waals surface area contributed by atoms with Gasteiger partial charge in [0.25, 0.3) is 0 Å². The highest BCUT2D eigenvalue weighted by atomic mass is 19.1. The van der Waals surface area contributed by atoms with E-state index in [1.807, 2.05) is 0 Å². The second-order valence-corrected chi connectivity index (χ2v) is 5.71. The van der Waals surface area contributed by atoms with E-state index in [1.54, 1.807) is 25.2 Å². The molecule has 0 aliphatic carbocycles. The number of nitrogens with zero attached hydrogens (tertiary/aromatic N) is 3. The molecule has 0 amide bonds. The van der Waals surface area contributed by atoms with Crippen LogP contribution in [0.4, 0.5) is 21.7 Å². The average Bonchev–Trinajstić information content (AvgIpc) is 3.10. The van der Waals surface area contributed by atoms with Gasteiger partial charge in [0, 0.05) is 31.4 Å². The molecule has 1 fully saturated rings. The van der Waals surface area contributed by atoms with E-state index in [0.29, 0.717) is 23.9 Å². The molecule has 1 aromatic heterocycles. The van der Waals surface area contributed by atoms with E-state index in [2.05, 4.69) is 25.5 Å². The monoisotopic (exact) mass is 331 g/mol. The Bertz CT molecular complexity index is 676. The van der Waals surface area contributed by atoms with Gasteiger partial charge in [-0.1, -0.05) is 0 Å². The summed E-state index contributed by atoms with van der Waals surface area (Å²) in [6.45, 7) is 3.57. The van der Waals surface area contributed by atoms with Gasteiger partial charge in [-0.15, -0.1) is 0 Å². The van der Waals surface area contributed by atoms with Crippen LogP contribution >= 0.6 is 0 Å². The van der Waals surface area contributed by atoms with E-state index in [9.17, 15) is 4.39 Å². The molecule has 6 nitrogen and oxygen atoms in total. The van der Waals surface area contributed by atoms with Crippen LogP contribution in [0.2, 0.25) is 0 Å². The zero-order valence-corrected chi connectivity index (χ0v) is 13.8. The van der Waals surface area contributed by atoms with Crippen molar-refractivity contribution in [2.45, 2.75) is 12.8 Å². The smallest absolute Gasteiger partial charge is 0.167 e. The lowest BCUT2D eigenvalue weighted by molar-refractivity contribution is 0.231. The maximum absolute atomic E-state index is 14.2. The van der Waals surface area contributed by atoms with E-state index < -0.39 is 0 Å². The number of rotatable bonds is 7. The third kappa shape index (κ3) is 4.32. The number of ether oxygens (including phenoxy) is 1. The zero-order valence-electron chi connectivity index (χ0n) is 13.8. The number of aromatic nitrogens is 2. The molecule has 2 N–H and O–H groups in total. The maximum Gasteiger partial charge on any atom is 0.167 e. The lowest BCUT2D eigenvalue weighted by atomic mass is 10.3. The van der Waals surface area contributed by atoms with Gasteiger partial charge in [-0.2, -0.15) is 0 Å². The molecule has 1 aromatic carbocycles. The molecule has 0 radical (unpaired) electrons. The largest absolute Gasteiger partial charge is 0.489 e. The van der Waals surface area contributed by atoms with Crippen molar-refractivity contribution in [1.29, 1.82) is 0 Å². The number of hydrogen-bond acceptors (Lipinski definition) is 6. The summed E-state index contributed by atoms with van der Waals surface area (Å²) in [5, 5.41) is 5.98. The standard InChI is InChI=1S/C17H22FN5O/c1-19-16-11-17(21-12-20-16)22-13-4-5-15(14(18)10-13)24-9-8-23-6-2-3-7-23/h4-5,10-12H,2-3,6-9H2,1H3,(H2,19,20,21,22). The van der Waals surface area contributed by atoms with Crippen LogP contribution < -0.4 is 15.4 Å². The molecular formula is C17H22FN5O. The Balaban J connectivity index is 1.57. The Morgan fingerprint density at radius 2 is 1.96 bits per heavy atom. The molecule has 0 spiro atoms. The van der Waals surface area contributed by atoms with Crippen LogP contribution in [0.5, 0.6) is 5.75 Å². The molecule has 2 heterocycles. The summed E-state index contributed by atoms with van der Waals surface area (Å²) in [6, 6.07) is 6.57. The summed E-state index contributed by atoms with van der Waals surface area (Å²) in [4.78, 5) is 10.5. The fraction of sp³-hybridized carbons (Fsp3) is 0.412. The number of anilines is 3. The van der Waals surface area contributed by atoms with E-state index in [-0.39, 0.29) is 11.6 Å². The third-order valence-corrected chi connectivity index (χ3v) is 3.99. The normalized spacial score (nSPS) is 14.6. The molecule has 0 unspecified atom stereocenters. The number of hydrogen-bond donors (Lipinski definition) is 2. The fourth-order valence-corrected chi connectivity index (χ4v) is 2.70. The zero-order chi connectivity index (χ0) is 16.8. The van der Waals surface area contributed by atoms with Crippen molar-refractivity contribution < 1.29 is 9.13 Å². The molecule has 1 aliphatic rings. The molecule has 0 atom stereocenters. The van der Waals surface area contributed by atoms with E-state index in [4.69, 9.17) is 4.74 Å². The van der Waals surface area contributed by atoms with Crippen molar-refractivity contribution in [2.75, 3.05) is 43.9 Å². The van der Waals surface area contributed by atoms with Crippen molar-refractivity contribution in [3.05, 3.63) is 36.4 Å². The Kier molecular flexibility index (Phi) is 5.43. The number of nitrogens with one attached hydrogen (secondary N) is 2. The van der Waals surface area contributed by atoms with Gasteiger partial charge in [-0.25, -0.2) is 14.4 Å². The highest BCUT2D eigenvalue weighted by Crippen LogP contribution is 2.23. The Morgan fingerprint density at radius 3 is 2.71 bits per heavy atom. The minimum atomic E-state index is -0.385. The van der Waals surface area contributed by atoms with Gasteiger partial charge in [0.1, 0.15) is 24.6 Å². The maximum atomic E-state index is 14.2. The second kappa shape index (κ2) is 7.92. The SMILES string of the molecule is CNc1cc(Nc2ccc(OCCN3CCCC3)c(F)c2)ncn1. The molecule has 3 rings (SSSR count). The van der Waals surface area contributed by atoms with Gasteiger partial charge < -0.3 is 15.4 Å². The van der Waals surface area contributed by atoms with E-state index >= 15 is 0 Å². The molecule has 1 aliphatic heterocycles. The van der Waals surface area contributed by atoms with Crippen molar-refractivity contribution in [2.24, 2.45) is 0 Å². The van der Waals surface area contributed by atoms with Gasteiger partial charge in [-0.3, -0.25) is 4.90 Å². The fourth-order valence-electron chi connectivity index (χ4n) is 2.70. The van der Waals surface area contributed by atoms with Crippen LogP contribution in [0.25, 0.3) is 0 Å². The Hall–Kier alpha value is -2.41. The quantitative estimate of drug-likeness (QED) is 0.813. The lowest BCUT2D eigenvalue weighted by Crippen LogP contribution is -2.25. The van der Waals surface area contributed by atoms with E-state index in [0.717, 1.165) is 19.6 Å². The topological polar surface area (TPSA) is 62.3 Å². The van der Waals surface area contributed by atoms with Crippen molar-refractivity contribution in [1.82, 2.24) is 14.9 Å². The predicted molar refractivity (Wildman–Crippen MR) is 92.4 cm³/mol. The van der Waals surface area contributed by atoms with Gasteiger partial charge in [-0.05, 0) is 38.1 Å². The molecule has 7 heteroatoms. The van der Waals surface area contributed by atoms with Crippen molar-refractivity contribution in [3.8, 4) is 5.75 Å². The summed E-state index contributed by atoms with van der Waals surface area (Å²) in [6.07, 6.45) is 3.93. The summed E-state index contributed by atoms with van der Waals surface area (Å²) in [5.74, 6) is 1.17. The van der Waals surface area contributed by atoms with Gasteiger partial charge >= 0.3 is 0 Å². The van der Waals surface area contributed by atoms with Crippen LogP contribution in [0.1, 0.15) is 12.8 Å². The lowest BCUT2D eigenvalue weighted by Gasteiger charge is -2.15. The van der Waals surface area contributed by atoms with Crippen LogP contribution in [-0.4, -0.2) is 48.2 Å². The predicted octanol–water partition coefficient (Wildman–Crippen LogP) is 2.88. The molecule has 2 aromatic rings. The third-order valence-electron chi connectivity index (χ3n) is 3.99. The second-order valence-electron chi connectivity index (χ2n) is 5.71. The highest BCUT2D eigenvalue weighted by Gasteiger charge is 2.12. The summed E-state index contributed by atoms with van der Waals surface area (Å²) >= 11 is 0. The Labute approximate surface area is 141 Å². The molecule has 24 heavy (non-hydrogen) atoms. The first-order chi connectivity index (χ1) is 11.7. The van der Waals surface area contributed by atoms with Crippen LogP contribution in [0, 0.1) is 5.82 Å². The summed E-state index contributed by atoms with van der Waals surface area (Å²) < 4.78 is 19.7. The number of benzene rings is 1. The molecule has 0 bridgehead atoms. The van der Waals surface area contributed by atoms with E-state index in [1.165, 1.54) is 25.2 Å². The first-order valence-electron chi connectivity index (χ1n) is 8.16. The number of likely N-dealkylation sites (tertiary alicyclic amines) is 1. The molecule has 0 saturated carbocycles. The van der Waals surface area contributed by atoms with Crippen LogP contribution in [-0.2, 0) is 0 Å². The average molecular weight is 331 g/mol. The minimum Gasteiger partial charge on any atom is -0.489 e. The van der Waals surface area contributed by atoms with Gasteiger partial charge in [0.05, 0.1) is 0 Å². The molecule has 128 valence electrons. The van der Waals surface area contributed by atoms with Crippen LogP contribution in [0.15, 0.2) is 30.6 Å². The Morgan fingerprint density at radius 1 is 1.17 bits per heavy atom. The first kappa shape index (κ1) is 16.4. The highest BCUT2D eigenvalue weighted by molar-refractivity contribution is 5.59. The molecule has 1 saturated heterocycles. The summed E-state index contributed by atoms with van der Waals surface area (Å²) in [7, 11) is 1.78. The van der Waals surface area contributed by atoms with Gasteiger partial charge in [0.15, 0.2) is 11.6 Å². The van der Waals surface area contributed by atoms with Crippen molar-refractivity contribution in [3.63, 3.8) is 0 Å². The van der Waals surface area contributed by atoms with Crippen LogP contribution in [0.3, 0.4) is 0 Å². The first-order valence-corrected chi connectivity index (χ1v) is 8.16. The van der Waals surface area contributed by atoms with Crippen molar-refractivity contribution >= 4 is 17.3 Å². The number of halogens is 1.